The third-order valence-corrected chi connectivity index (χ3v) is 6.37. The number of carbonyl (C=O) groups excluding carboxylic acids is 2. The van der Waals surface area contributed by atoms with Crippen LogP contribution in [0.2, 0.25) is 0 Å². The second-order valence-electron chi connectivity index (χ2n) is 9.73. The Morgan fingerprint density at radius 3 is 2.29 bits per heavy atom. The number of hydrogen-bond donors (Lipinski definition) is 1. The van der Waals surface area contributed by atoms with E-state index >= 15 is 0 Å². The number of carbonyl (C=O) groups is 2. The molecule has 2 aromatic carbocycles. The van der Waals surface area contributed by atoms with E-state index in [2.05, 4.69) is 20.8 Å². The number of rotatable bonds is 8. The van der Waals surface area contributed by atoms with Gasteiger partial charge in [0.1, 0.15) is 5.76 Å². The minimum Gasteiger partial charge on any atom is -0.507 e. The van der Waals surface area contributed by atoms with Gasteiger partial charge in [-0.3, -0.25) is 9.59 Å². The lowest BCUT2D eigenvalue weighted by Crippen LogP contribution is -2.31. The third-order valence-electron chi connectivity index (χ3n) is 6.37. The first-order valence-corrected chi connectivity index (χ1v) is 11.7. The number of methoxy groups -OCH3 is 3. The molecular weight excluding hydrogens is 446 g/mol. The Hall–Kier alpha value is -3.32. The fraction of sp³-hybridized carbons (Fsp3) is 0.429. The van der Waals surface area contributed by atoms with E-state index in [0.717, 1.165) is 11.1 Å². The van der Waals surface area contributed by atoms with Crippen LogP contribution < -0.4 is 9.47 Å². The van der Waals surface area contributed by atoms with Crippen molar-refractivity contribution in [2.24, 2.45) is 0 Å². The summed E-state index contributed by atoms with van der Waals surface area (Å²) in [5.74, 6) is -0.534. The van der Waals surface area contributed by atoms with Crippen LogP contribution in [-0.4, -0.2) is 56.2 Å². The van der Waals surface area contributed by atoms with Gasteiger partial charge in [0, 0.05) is 25.8 Å². The molecule has 0 bridgehead atoms. The smallest absolute Gasteiger partial charge is 0.295 e. The van der Waals surface area contributed by atoms with Crippen LogP contribution in [0.5, 0.6) is 11.5 Å². The zero-order valence-electron chi connectivity index (χ0n) is 21.6. The van der Waals surface area contributed by atoms with Crippen molar-refractivity contribution in [2.75, 3.05) is 34.5 Å². The predicted molar refractivity (Wildman–Crippen MR) is 135 cm³/mol. The van der Waals surface area contributed by atoms with Crippen molar-refractivity contribution >= 4 is 17.4 Å². The summed E-state index contributed by atoms with van der Waals surface area (Å²) >= 11 is 0. The van der Waals surface area contributed by atoms with E-state index in [-0.39, 0.29) is 16.7 Å². The molecule has 1 aliphatic rings. The first-order valence-electron chi connectivity index (χ1n) is 11.7. The molecule has 0 saturated carbocycles. The Balaban J connectivity index is 2.24. The van der Waals surface area contributed by atoms with Gasteiger partial charge in [-0.25, -0.2) is 0 Å². The molecule has 3 rings (SSSR count). The highest BCUT2D eigenvalue weighted by Gasteiger charge is 2.46. The average molecular weight is 482 g/mol. The van der Waals surface area contributed by atoms with Crippen molar-refractivity contribution in [3.8, 4) is 11.5 Å². The van der Waals surface area contributed by atoms with Crippen molar-refractivity contribution in [1.82, 2.24) is 4.90 Å². The zero-order valence-corrected chi connectivity index (χ0v) is 21.6. The molecule has 1 unspecified atom stereocenters. The first kappa shape index (κ1) is 26.3. The highest BCUT2D eigenvalue weighted by atomic mass is 16.5. The zero-order chi connectivity index (χ0) is 25.9. The van der Waals surface area contributed by atoms with Crippen LogP contribution in [0.3, 0.4) is 0 Å². The van der Waals surface area contributed by atoms with Gasteiger partial charge >= 0.3 is 0 Å². The van der Waals surface area contributed by atoms with E-state index in [0.29, 0.717) is 42.2 Å². The number of aliphatic hydroxyl groups is 1. The minimum absolute atomic E-state index is 0.0637. The van der Waals surface area contributed by atoms with Gasteiger partial charge in [0.25, 0.3) is 11.7 Å². The maximum absolute atomic E-state index is 13.3. The number of aryl methyl sites for hydroxylation is 1. The molecule has 35 heavy (non-hydrogen) atoms. The van der Waals surface area contributed by atoms with E-state index in [1.807, 2.05) is 25.1 Å². The summed E-state index contributed by atoms with van der Waals surface area (Å²) in [5.41, 5.74) is 2.92. The maximum Gasteiger partial charge on any atom is 0.295 e. The second kappa shape index (κ2) is 10.5. The quantitative estimate of drug-likeness (QED) is 0.253. The van der Waals surface area contributed by atoms with Crippen molar-refractivity contribution in [2.45, 2.75) is 45.6 Å². The molecule has 0 aromatic heterocycles. The Morgan fingerprint density at radius 1 is 1.00 bits per heavy atom. The molecule has 7 nitrogen and oxygen atoms in total. The molecule has 0 spiro atoms. The average Bonchev–Trinajstić information content (AvgIpc) is 3.07. The van der Waals surface area contributed by atoms with Crippen molar-refractivity contribution in [3.05, 3.63) is 64.2 Å². The summed E-state index contributed by atoms with van der Waals surface area (Å²) in [7, 11) is 4.66. The Bertz CT molecular complexity index is 1140. The highest BCUT2D eigenvalue weighted by molar-refractivity contribution is 6.46. The lowest BCUT2D eigenvalue weighted by Gasteiger charge is -2.26. The van der Waals surface area contributed by atoms with E-state index in [4.69, 9.17) is 14.2 Å². The van der Waals surface area contributed by atoms with Crippen LogP contribution in [0.25, 0.3) is 5.76 Å². The lowest BCUT2D eigenvalue weighted by molar-refractivity contribution is -0.140. The standard InChI is InChI=1S/C28H35NO6/c1-17-9-11-19(28(2,3)4)16-20(17)25(30)23-24(18-10-12-21(34-6)22(15-18)35-7)29(13-8-14-33-5)27(32)26(23)31/h9-12,15-16,24,30H,8,13-14H2,1-7H3/b25-23+. The van der Waals surface area contributed by atoms with Gasteiger partial charge in [-0.05, 0) is 53.6 Å². The monoisotopic (exact) mass is 481 g/mol. The van der Waals surface area contributed by atoms with Crippen LogP contribution >= 0.6 is 0 Å². The van der Waals surface area contributed by atoms with Crippen LogP contribution in [0.1, 0.15) is 55.5 Å². The molecule has 0 radical (unpaired) electrons. The van der Waals surface area contributed by atoms with Crippen LogP contribution in [0.15, 0.2) is 42.0 Å². The molecule has 1 amide bonds. The molecule has 1 saturated heterocycles. The fourth-order valence-corrected chi connectivity index (χ4v) is 4.35. The van der Waals surface area contributed by atoms with Crippen LogP contribution in [-0.2, 0) is 19.7 Å². The predicted octanol–water partition coefficient (Wildman–Crippen LogP) is 4.77. The number of aliphatic hydroxyl groups excluding tert-OH is 1. The van der Waals surface area contributed by atoms with Gasteiger partial charge in [-0.1, -0.05) is 39.0 Å². The molecule has 1 atom stereocenters. The van der Waals surface area contributed by atoms with Crippen LogP contribution in [0.4, 0.5) is 0 Å². The molecule has 1 fully saturated rings. The summed E-state index contributed by atoms with van der Waals surface area (Å²) < 4.78 is 16.0. The summed E-state index contributed by atoms with van der Waals surface area (Å²) in [4.78, 5) is 28.0. The van der Waals surface area contributed by atoms with Gasteiger partial charge in [-0.15, -0.1) is 0 Å². The van der Waals surface area contributed by atoms with Crippen molar-refractivity contribution < 1.29 is 28.9 Å². The molecule has 7 heteroatoms. The van der Waals surface area contributed by atoms with Crippen molar-refractivity contribution in [1.29, 1.82) is 0 Å². The lowest BCUT2D eigenvalue weighted by atomic mass is 9.84. The number of Topliss-reactive ketones (excluding diaryl/α,β-unsaturated/α-hetero) is 1. The van der Waals surface area contributed by atoms with Crippen LogP contribution in [0, 0.1) is 6.92 Å². The second-order valence-corrected chi connectivity index (χ2v) is 9.73. The van der Waals surface area contributed by atoms with E-state index < -0.39 is 17.7 Å². The Kier molecular flexibility index (Phi) is 7.90. The summed E-state index contributed by atoms with van der Waals surface area (Å²) in [6.07, 6.45) is 0.548. The number of amides is 1. The molecule has 2 aromatic rings. The van der Waals surface area contributed by atoms with Gasteiger partial charge in [-0.2, -0.15) is 0 Å². The maximum atomic E-state index is 13.3. The first-order chi connectivity index (χ1) is 16.5. The molecule has 188 valence electrons. The number of ketones is 1. The number of likely N-dealkylation sites (tertiary alicyclic amines) is 1. The van der Waals surface area contributed by atoms with E-state index in [1.54, 1.807) is 32.4 Å². The number of benzene rings is 2. The minimum atomic E-state index is -0.774. The van der Waals surface area contributed by atoms with E-state index in [1.165, 1.54) is 12.0 Å². The number of hydrogen-bond acceptors (Lipinski definition) is 6. The number of ether oxygens (including phenoxy) is 3. The Labute approximate surface area is 207 Å². The number of nitrogens with zero attached hydrogens (tertiary/aromatic N) is 1. The van der Waals surface area contributed by atoms with Gasteiger partial charge in [0.05, 0.1) is 25.8 Å². The van der Waals surface area contributed by atoms with Gasteiger partial charge in [0.2, 0.25) is 0 Å². The van der Waals surface area contributed by atoms with Gasteiger partial charge < -0.3 is 24.2 Å². The molecule has 1 aliphatic heterocycles. The normalized spacial score (nSPS) is 17.7. The van der Waals surface area contributed by atoms with Gasteiger partial charge in [0.15, 0.2) is 11.5 Å². The third kappa shape index (κ3) is 5.20. The summed E-state index contributed by atoms with van der Waals surface area (Å²) in [5, 5.41) is 11.5. The SMILES string of the molecule is COCCCN1C(=O)C(=O)/C(=C(/O)c2cc(C(C)(C)C)ccc2C)C1c1ccc(OC)c(OC)c1. The molecular formula is C28H35NO6. The van der Waals surface area contributed by atoms with E-state index in [9.17, 15) is 14.7 Å². The molecule has 0 aliphatic carbocycles. The highest BCUT2D eigenvalue weighted by Crippen LogP contribution is 2.42. The Morgan fingerprint density at radius 2 is 1.69 bits per heavy atom. The largest absolute Gasteiger partial charge is 0.507 e. The molecule has 1 N–H and O–H groups in total. The molecule has 1 heterocycles. The summed E-state index contributed by atoms with van der Waals surface area (Å²) in [6, 6.07) is 10.3. The topological polar surface area (TPSA) is 85.3 Å². The fourth-order valence-electron chi connectivity index (χ4n) is 4.35. The van der Waals surface area contributed by atoms with Crippen molar-refractivity contribution in [3.63, 3.8) is 0 Å². The summed E-state index contributed by atoms with van der Waals surface area (Å²) in [6.45, 7) is 8.87.